The van der Waals surface area contributed by atoms with E-state index in [0.29, 0.717) is 46.8 Å². The summed E-state index contributed by atoms with van der Waals surface area (Å²) in [5.74, 6) is 2.27. The van der Waals surface area contributed by atoms with Crippen LogP contribution in [0.4, 0.5) is 5.13 Å². The molecule has 3 atom stereocenters. The molecular formula is C24H26N2O6S. The van der Waals surface area contributed by atoms with E-state index in [1.54, 1.807) is 25.2 Å². The van der Waals surface area contributed by atoms with Crippen LogP contribution in [0.5, 0.6) is 23.0 Å². The van der Waals surface area contributed by atoms with Crippen LogP contribution in [-0.4, -0.2) is 56.6 Å². The Morgan fingerprint density at radius 3 is 2.55 bits per heavy atom. The molecule has 1 fully saturated rings. The molecule has 0 saturated carbocycles. The van der Waals surface area contributed by atoms with E-state index in [0.717, 1.165) is 17.5 Å². The number of carbonyl (C=O) groups is 1. The summed E-state index contributed by atoms with van der Waals surface area (Å²) in [5, 5.41) is 0.544. The van der Waals surface area contributed by atoms with Crippen LogP contribution >= 0.6 is 11.3 Å². The Morgan fingerprint density at radius 1 is 1.12 bits per heavy atom. The van der Waals surface area contributed by atoms with Crippen molar-refractivity contribution >= 4 is 32.6 Å². The molecule has 174 valence electrons. The predicted molar refractivity (Wildman–Crippen MR) is 125 cm³/mol. The van der Waals surface area contributed by atoms with Gasteiger partial charge in [0.2, 0.25) is 6.10 Å². The molecule has 33 heavy (non-hydrogen) atoms. The molecule has 0 radical (unpaired) electrons. The second-order valence-corrected chi connectivity index (χ2v) is 9.01. The summed E-state index contributed by atoms with van der Waals surface area (Å²) in [6, 6.07) is 11.0. The van der Waals surface area contributed by atoms with Gasteiger partial charge in [-0.1, -0.05) is 23.5 Å². The Morgan fingerprint density at radius 2 is 1.85 bits per heavy atom. The molecule has 0 N–H and O–H groups in total. The maximum absolute atomic E-state index is 13.9. The minimum atomic E-state index is -0.808. The Kier molecular flexibility index (Phi) is 5.99. The standard InChI is InChI=1S/C24H26N2O6S/c1-14-21(32-17-9-5-4-8-16(17)31-14)23(27)26(13-15-7-6-12-30-15)24-25-20-18(28-2)10-11-19(29-3)22(20)33-24/h4-5,8-11,14-15,21H,6-7,12-13H2,1-3H3. The van der Waals surface area contributed by atoms with Gasteiger partial charge in [-0.25, -0.2) is 4.98 Å². The molecule has 0 spiro atoms. The number of methoxy groups -OCH3 is 2. The third kappa shape index (κ3) is 4.06. The molecule has 3 heterocycles. The van der Waals surface area contributed by atoms with E-state index in [4.69, 9.17) is 28.7 Å². The van der Waals surface area contributed by atoms with E-state index in [1.807, 2.05) is 37.3 Å². The number of carbonyl (C=O) groups excluding carboxylic acids is 1. The number of nitrogens with zero attached hydrogens (tertiary/aromatic N) is 2. The number of thiazole rings is 1. The number of amides is 1. The highest BCUT2D eigenvalue weighted by Gasteiger charge is 2.39. The average Bonchev–Trinajstić information content (AvgIpc) is 3.51. The van der Waals surface area contributed by atoms with Crippen molar-refractivity contribution in [1.82, 2.24) is 4.98 Å². The number of hydrogen-bond acceptors (Lipinski definition) is 8. The van der Waals surface area contributed by atoms with Gasteiger partial charge in [0.25, 0.3) is 5.91 Å². The Bertz CT molecular complexity index is 1120. The molecule has 8 nitrogen and oxygen atoms in total. The highest BCUT2D eigenvalue weighted by atomic mass is 32.1. The van der Waals surface area contributed by atoms with Gasteiger partial charge in [-0.15, -0.1) is 0 Å². The maximum atomic E-state index is 13.9. The number of hydrogen-bond donors (Lipinski definition) is 0. The number of benzene rings is 2. The van der Waals surface area contributed by atoms with Crippen LogP contribution in [0.25, 0.3) is 10.2 Å². The zero-order chi connectivity index (χ0) is 22.9. The largest absolute Gasteiger partial charge is 0.495 e. The number of fused-ring (bicyclic) bond motifs is 2. The SMILES string of the molecule is COc1ccc(OC)c2sc(N(CC3CCCO3)C(=O)C3Oc4ccccc4OC3C)nc12. The van der Waals surface area contributed by atoms with Crippen molar-refractivity contribution in [3.63, 3.8) is 0 Å². The summed E-state index contributed by atoms with van der Waals surface area (Å²) >= 11 is 1.39. The van der Waals surface area contributed by atoms with E-state index in [2.05, 4.69) is 0 Å². The van der Waals surface area contributed by atoms with Crippen molar-refractivity contribution < 1.29 is 28.5 Å². The summed E-state index contributed by atoms with van der Waals surface area (Å²) in [4.78, 5) is 20.3. The van der Waals surface area contributed by atoms with E-state index >= 15 is 0 Å². The van der Waals surface area contributed by atoms with Gasteiger partial charge < -0.3 is 23.7 Å². The molecule has 2 aromatic carbocycles. The number of aromatic nitrogens is 1. The summed E-state index contributed by atoms with van der Waals surface area (Å²) in [7, 11) is 3.21. The number of rotatable bonds is 6. The third-order valence-electron chi connectivity index (χ3n) is 5.89. The Balaban J connectivity index is 1.53. The predicted octanol–water partition coefficient (Wildman–Crippen LogP) is 4.05. The molecule has 3 unspecified atom stereocenters. The smallest absolute Gasteiger partial charge is 0.273 e. The molecule has 9 heteroatoms. The van der Waals surface area contributed by atoms with E-state index in [1.165, 1.54) is 11.3 Å². The lowest BCUT2D eigenvalue weighted by Crippen LogP contribution is -2.52. The topological polar surface area (TPSA) is 79.4 Å². The van der Waals surface area contributed by atoms with Crippen molar-refractivity contribution in [2.75, 3.05) is 32.3 Å². The zero-order valence-corrected chi connectivity index (χ0v) is 19.6. The first kappa shape index (κ1) is 21.8. The zero-order valence-electron chi connectivity index (χ0n) is 18.8. The molecule has 1 saturated heterocycles. The first-order valence-electron chi connectivity index (χ1n) is 11.0. The fourth-order valence-corrected chi connectivity index (χ4v) is 5.28. The summed E-state index contributed by atoms with van der Waals surface area (Å²) in [6.07, 6.45) is 0.537. The van der Waals surface area contributed by atoms with Crippen LogP contribution in [0.15, 0.2) is 36.4 Å². The molecule has 1 aromatic heterocycles. The molecule has 0 aliphatic carbocycles. The van der Waals surface area contributed by atoms with Crippen molar-refractivity contribution in [2.24, 2.45) is 0 Å². The third-order valence-corrected chi connectivity index (χ3v) is 6.98. The maximum Gasteiger partial charge on any atom is 0.273 e. The lowest BCUT2D eigenvalue weighted by molar-refractivity contribution is -0.131. The molecule has 0 bridgehead atoms. The van der Waals surface area contributed by atoms with Crippen molar-refractivity contribution in [2.45, 2.75) is 38.1 Å². The number of anilines is 1. The monoisotopic (exact) mass is 470 g/mol. The van der Waals surface area contributed by atoms with E-state index in [9.17, 15) is 4.79 Å². The fraction of sp³-hybridized carbons (Fsp3) is 0.417. The van der Waals surface area contributed by atoms with Crippen LogP contribution in [0.1, 0.15) is 19.8 Å². The molecule has 1 amide bonds. The Labute approximate surface area is 196 Å². The number of ether oxygens (including phenoxy) is 5. The highest BCUT2D eigenvalue weighted by Crippen LogP contribution is 2.41. The van der Waals surface area contributed by atoms with Crippen LogP contribution in [0.3, 0.4) is 0 Å². The van der Waals surface area contributed by atoms with Crippen molar-refractivity contribution in [3.05, 3.63) is 36.4 Å². The van der Waals surface area contributed by atoms with Gasteiger partial charge in [-0.3, -0.25) is 9.69 Å². The molecular weight excluding hydrogens is 444 g/mol. The normalized spacial score (nSPS) is 21.7. The van der Waals surface area contributed by atoms with Crippen molar-refractivity contribution in [1.29, 1.82) is 0 Å². The van der Waals surface area contributed by atoms with Crippen molar-refractivity contribution in [3.8, 4) is 23.0 Å². The van der Waals surface area contributed by atoms with E-state index in [-0.39, 0.29) is 12.0 Å². The molecule has 2 aliphatic heterocycles. The second kappa shape index (κ2) is 9.07. The molecule has 5 rings (SSSR count). The second-order valence-electron chi connectivity index (χ2n) is 8.04. The van der Waals surface area contributed by atoms with Gasteiger partial charge in [0.15, 0.2) is 16.6 Å². The Hall–Kier alpha value is -3.04. The molecule has 3 aromatic rings. The number of para-hydroxylation sites is 2. The molecule has 2 aliphatic rings. The lowest BCUT2D eigenvalue weighted by atomic mass is 10.1. The van der Waals surface area contributed by atoms with Crippen LogP contribution < -0.4 is 23.8 Å². The van der Waals surface area contributed by atoms with Crippen LogP contribution in [0.2, 0.25) is 0 Å². The average molecular weight is 471 g/mol. The van der Waals surface area contributed by atoms with E-state index < -0.39 is 12.2 Å². The fourth-order valence-electron chi connectivity index (χ4n) is 4.19. The summed E-state index contributed by atoms with van der Waals surface area (Å²) < 4.78 is 29.8. The van der Waals surface area contributed by atoms with Crippen LogP contribution in [-0.2, 0) is 9.53 Å². The lowest BCUT2D eigenvalue weighted by Gasteiger charge is -2.34. The van der Waals surface area contributed by atoms with Gasteiger partial charge in [0.05, 0.1) is 26.9 Å². The first-order valence-corrected chi connectivity index (χ1v) is 11.8. The van der Waals surface area contributed by atoms with Crippen LogP contribution in [0, 0.1) is 0 Å². The first-order chi connectivity index (χ1) is 16.1. The summed E-state index contributed by atoms with van der Waals surface area (Å²) in [5.41, 5.74) is 0.654. The van der Waals surface area contributed by atoms with Gasteiger partial charge in [-0.05, 0) is 44.0 Å². The highest BCUT2D eigenvalue weighted by molar-refractivity contribution is 7.22. The van der Waals surface area contributed by atoms with Gasteiger partial charge in [0.1, 0.15) is 27.8 Å². The van der Waals surface area contributed by atoms with Gasteiger partial charge in [0, 0.05) is 6.61 Å². The quantitative estimate of drug-likeness (QED) is 0.538. The summed E-state index contributed by atoms with van der Waals surface area (Å²) in [6.45, 7) is 2.92. The minimum Gasteiger partial charge on any atom is -0.495 e. The van der Waals surface area contributed by atoms with Gasteiger partial charge >= 0.3 is 0 Å². The van der Waals surface area contributed by atoms with Gasteiger partial charge in [-0.2, -0.15) is 0 Å². The minimum absolute atomic E-state index is 0.0585.